The highest BCUT2D eigenvalue weighted by atomic mass is 32.2. The molecular weight excluding hydrogens is 1070 g/mol. The summed E-state index contributed by atoms with van der Waals surface area (Å²) >= 11 is 7.36. The number of aliphatic carboxylic acids is 2. The lowest BCUT2D eigenvalue weighted by Gasteiger charge is -2.38. The molecule has 0 spiro atoms. The number of nitrogens with zero attached hydrogens (tertiary/aromatic N) is 6. The number of thioether (sulfide) groups is 1. The molecule has 3 saturated heterocycles. The van der Waals surface area contributed by atoms with Gasteiger partial charge in [0.25, 0.3) is 17.7 Å². The van der Waals surface area contributed by atoms with Gasteiger partial charge in [-0.2, -0.15) is 11.8 Å². The fraction of sp³-hybridized carbons (Fsp3) is 0.519. The summed E-state index contributed by atoms with van der Waals surface area (Å²) in [6, 6.07) is 10.2. The molecule has 7 atom stereocenters. The summed E-state index contributed by atoms with van der Waals surface area (Å²) in [6.07, 6.45) is 5.94. The van der Waals surface area contributed by atoms with Crippen molar-refractivity contribution in [1.29, 1.82) is 0 Å². The first-order valence-electron chi connectivity index (χ1n) is 26.0. The Balaban J connectivity index is 0.946. The van der Waals surface area contributed by atoms with E-state index in [4.69, 9.17) is 26.4 Å². The number of thiocarbonyl (C=S) groups is 1. The van der Waals surface area contributed by atoms with E-state index >= 15 is 0 Å². The number of carbonyl (C=O) groups excluding carboxylic acids is 8. The zero-order chi connectivity index (χ0) is 56.6. The van der Waals surface area contributed by atoms with Crippen molar-refractivity contribution >= 4 is 94.2 Å². The molecule has 5 unspecified atom stereocenters. The smallest absolute Gasteiger partial charge is 0.412 e. The Bertz CT molecular complexity index is 2640. The minimum atomic E-state index is -1.86. The molecule has 5 heterocycles. The fourth-order valence-corrected chi connectivity index (χ4v) is 10.6. The first kappa shape index (κ1) is 59.6. The van der Waals surface area contributed by atoms with Crippen molar-refractivity contribution < 1.29 is 72.4 Å². The van der Waals surface area contributed by atoms with Crippen LogP contribution in [0.5, 0.6) is 0 Å². The zero-order valence-corrected chi connectivity index (χ0v) is 45.4. The van der Waals surface area contributed by atoms with Crippen LogP contribution in [0.4, 0.5) is 5.69 Å². The Morgan fingerprint density at radius 1 is 0.759 bits per heavy atom. The first-order chi connectivity index (χ1) is 37.9. The number of carboxylic acid groups (broad SMARTS) is 2. The molecular formula is C52H66N10O15S2. The normalized spacial score (nSPS) is 22.5. The number of nitrogens with one attached hydrogen (secondary N) is 4. The number of amides is 5. The van der Waals surface area contributed by atoms with E-state index in [1.807, 2.05) is 56.2 Å². The van der Waals surface area contributed by atoms with E-state index < -0.39 is 90.5 Å². The summed E-state index contributed by atoms with van der Waals surface area (Å²) in [5, 5.41) is 31.2. The molecule has 79 heavy (non-hydrogen) atoms. The van der Waals surface area contributed by atoms with Gasteiger partial charge in [-0.25, -0.2) is 4.79 Å². The van der Waals surface area contributed by atoms with Crippen molar-refractivity contribution in [2.75, 3.05) is 109 Å². The summed E-state index contributed by atoms with van der Waals surface area (Å²) in [7, 11) is 0. The molecule has 6 N–H and O–H groups in total. The molecule has 0 radical (unpaired) electrons. The second kappa shape index (κ2) is 28.7. The Hall–Kier alpha value is -7.04. The number of benzene rings is 2. The molecule has 5 aliphatic rings. The van der Waals surface area contributed by atoms with E-state index in [0.717, 1.165) is 33.7 Å². The molecule has 2 aromatic rings. The number of rotatable bonds is 20. The van der Waals surface area contributed by atoms with Crippen molar-refractivity contribution in [2.24, 2.45) is 0 Å². The fourth-order valence-electron chi connectivity index (χ4n) is 9.83. The number of fused-ring (bicyclic) bond motifs is 8. The average Bonchev–Trinajstić information content (AvgIpc) is 3.73. The highest BCUT2D eigenvalue weighted by molar-refractivity contribution is 7.98. The topological polar surface area (TPSA) is 306 Å². The SMILES string of the molecule is CSCC[C@H](NC(=O)c1cccc2c1CCN(C(=S)Nc1ccc(CC3CN(CC(=O)O)CCN4CCN5CCN3CC(=O)OC(OC(=O)C4)OC(=O)C5)cc1)C2)C(=O)NCC(=O)N[C@@H](CCCCN1C(=O)C=CC1=O)C(=O)O. The molecule has 0 aliphatic carbocycles. The number of imide groups is 1. The van der Waals surface area contributed by atoms with Crippen molar-refractivity contribution in [3.05, 3.63) is 76.9 Å². The number of unbranched alkanes of at least 4 members (excludes halogenated alkanes) is 1. The first-order valence-corrected chi connectivity index (χ1v) is 27.8. The van der Waals surface area contributed by atoms with Crippen molar-refractivity contribution in [3.63, 3.8) is 0 Å². The number of carbonyl (C=O) groups is 10. The van der Waals surface area contributed by atoms with Gasteiger partial charge in [-0.05, 0) is 97.6 Å². The summed E-state index contributed by atoms with van der Waals surface area (Å²) in [5.41, 5.74) is 3.62. The molecule has 7 rings (SSSR count). The monoisotopic (exact) mass is 1130 g/mol. The maximum atomic E-state index is 13.9. The largest absolute Gasteiger partial charge is 0.480 e. The van der Waals surface area contributed by atoms with Crippen LogP contribution in [0, 0.1) is 0 Å². The maximum Gasteiger partial charge on any atom is 0.412 e. The Morgan fingerprint density at radius 2 is 1.42 bits per heavy atom. The molecule has 2 aromatic carbocycles. The molecule has 5 aliphatic heterocycles. The second-order valence-corrected chi connectivity index (χ2v) is 21.0. The third-order valence-electron chi connectivity index (χ3n) is 14.0. The lowest BCUT2D eigenvalue weighted by molar-refractivity contribution is -0.258. The van der Waals surface area contributed by atoms with Crippen LogP contribution in [0.2, 0.25) is 0 Å². The number of esters is 3. The van der Waals surface area contributed by atoms with Crippen LogP contribution in [0.1, 0.15) is 52.7 Å². The number of anilines is 1. The minimum absolute atomic E-state index is 0.0268. The third-order valence-corrected chi connectivity index (χ3v) is 15.0. The van der Waals surface area contributed by atoms with E-state index in [1.165, 1.54) is 11.8 Å². The molecule has 5 amide bonds. The number of carboxylic acids is 2. The highest BCUT2D eigenvalue weighted by Crippen LogP contribution is 2.25. The lowest BCUT2D eigenvalue weighted by atomic mass is 9.94. The maximum absolute atomic E-state index is 13.9. The van der Waals surface area contributed by atoms with Crippen LogP contribution < -0.4 is 21.3 Å². The summed E-state index contributed by atoms with van der Waals surface area (Å²) in [4.78, 5) is 137. The third kappa shape index (κ3) is 17.7. The van der Waals surface area contributed by atoms with Gasteiger partial charge in [-0.1, -0.05) is 24.3 Å². The van der Waals surface area contributed by atoms with E-state index in [0.29, 0.717) is 100 Å². The minimum Gasteiger partial charge on any atom is -0.480 e. The Morgan fingerprint density at radius 3 is 2.08 bits per heavy atom. The molecule has 0 aromatic heterocycles. The van der Waals surface area contributed by atoms with Gasteiger partial charge in [0.1, 0.15) is 12.1 Å². The summed E-state index contributed by atoms with van der Waals surface area (Å²) in [5.74, 6) is -6.79. The van der Waals surface area contributed by atoms with Crippen LogP contribution in [-0.4, -0.2) is 232 Å². The van der Waals surface area contributed by atoms with Gasteiger partial charge >= 0.3 is 36.3 Å². The second-order valence-electron chi connectivity index (χ2n) is 19.7. The van der Waals surface area contributed by atoms with Crippen LogP contribution in [-0.2, 0) is 76.7 Å². The van der Waals surface area contributed by atoms with Crippen LogP contribution in [0.3, 0.4) is 0 Å². The van der Waals surface area contributed by atoms with Crippen LogP contribution >= 0.6 is 24.0 Å². The molecule has 3 fully saturated rings. The van der Waals surface area contributed by atoms with E-state index in [9.17, 15) is 58.2 Å². The molecule has 27 heteroatoms. The number of hydrogen-bond acceptors (Lipinski definition) is 19. The molecule has 4 bridgehead atoms. The van der Waals surface area contributed by atoms with E-state index in [-0.39, 0.29) is 52.1 Å². The van der Waals surface area contributed by atoms with Gasteiger partial charge in [0.05, 0.1) is 32.7 Å². The van der Waals surface area contributed by atoms with Gasteiger partial charge in [-0.15, -0.1) is 0 Å². The predicted molar refractivity (Wildman–Crippen MR) is 288 cm³/mol. The Kier molecular flexibility index (Phi) is 21.7. The van der Waals surface area contributed by atoms with Crippen LogP contribution in [0.25, 0.3) is 0 Å². The highest BCUT2D eigenvalue weighted by Gasteiger charge is 2.34. The number of hydrogen-bond donors (Lipinski definition) is 6. The van der Waals surface area contributed by atoms with E-state index in [2.05, 4.69) is 21.3 Å². The zero-order valence-electron chi connectivity index (χ0n) is 43.8. The molecule has 25 nitrogen and oxygen atoms in total. The van der Waals surface area contributed by atoms with E-state index in [1.54, 1.807) is 17.0 Å². The lowest BCUT2D eigenvalue weighted by Crippen LogP contribution is -2.53. The van der Waals surface area contributed by atoms with Gasteiger partial charge in [0.15, 0.2) is 5.11 Å². The molecule has 0 saturated carbocycles. The predicted octanol–water partition coefficient (Wildman–Crippen LogP) is -0.768. The van der Waals surface area contributed by atoms with Crippen molar-refractivity contribution in [3.8, 4) is 0 Å². The van der Waals surface area contributed by atoms with Gasteiger partial charge < -0.3 is 50.6 Å². The van der Waals surface area contributed by atoms with Crippen molar-refractivity contribution in [1.82, 2.24) is 45.3 Å². The summed E-state index contributed by atoms with van der Waals surface area (Å²) < 4.78 is 16.0. The van der Waals surface area contributed by atoms with Crippen molar-refractivity contribution in [2.45, 2.75) is 69.7 Å². The number of ether oxygens (including phenoxy) is 3. The van der Waals surface area contributed by atoms with Crippen LogP contribution in [0.15, 0.2) is 54.6 Å². The van der Waals surface area contributed by atoms with Gasteiger partial charge in [0.2, 0.25) is 11.8 Å². The quantitative estimate of drug-likeness (QED) is 0.0411. The molecule has 426 valence electrons. The standard InChI is InChI=1S/C52H66N10O15S2/c1-79-24-15-39(49(72)53-26-41(63)55-40(50(73)74)7-2-3-16-62-42(64)12-13-43(62)65)56-48(71)38-6-4-5-34-27-61(17-14-37(34)38)51(78)54-35-10-8-33(9-11-35)25-36-28-59(29-44(66)67)21-20-57-18-19-58-22-23-60(36)32-47(70)77-52(75-45(68)30-57)76-46(69)31-58/h4-6,8-13,36,39-40,52H,2-3,7,14-32H2,1H3,(H,53,72)(H,54,78)(H,55,63)(H,56,71)(H,66,67)(H,73,74)/t36?,39-,40-,52?/m0/s1. The Labute approximate surface area is 465 Å². The van der Waals surface area contributed by atoms with Gasteiger partial charge in [0, 0.05) is 94.9 Å². The van der Waals surface area contributed by atoms with Gasteiger partial charge in [-0.3, -0.25) is 67.7 Å². The summed E-state index contributed by atoms with van der Waals surface area (Å²) in [6.45, 7) is 0.0625. The average molecular weight is 1140 g/mol.